The number of hydrogen-bond acceptors (Lipinski definition) is 2. The highest BCUT2D eigenvalue weighted by Gasteiger charge is 2.11. The minimum Gasteiger partial charge on any atom is -0.326 e. The van der Waals surface area contributed by atoms with E-state index in [1.807, 2.05) is 0 Å². The van der Waals surface area contributed by atoms with E-state index in [0.29, 0.717) is 12.0 Å². The molecule has 0 aromatic heterocycles. The molecule has 1 aromatic carbocycles. The third-order valence-electron chi connectivity index (χ3n) is 2.57. The van der Waals surface area contributed by atoms with Crippen molar-refractivity contribution in [3.63, 3.8) is 0 Å². The molecule has 98 valence electrons. The second-order valence-electron chi connectivity index (χ2n) is 4.21. The van der Waals surface area contributed by atoms with Crippen LogP contribution in [0.15, 0.2) is 24.3 Å². The number of alkyl halides is 1. The van der Waals surface area contributed by atoms with Crippen molar-refractivity contribution in [2.75, 3.05) is 5.32 Å². The zero-order valence-electron chi connectivity index (χ0n) is 10.7. The number of unbranched alkanes of at least 4 members (excludes halogenated alkanes) is 1. The van der Waals surface area contributed by atoms with Gasteiger partial charge in [-0.15, -0.1) is 0 Å². The van der Waals surface area contributed by atoms with Gasteiger partial charge in [0.2, 0.25) is 5.91 Å². The normalized spacial score (nSPS) is 11.9. The summed E-state index contributed by atoms with van der Waals surface area (Å²) in [4.78, 5) is 23.0. The molecule has 0 bridgehead atoms. The van der Waals surface area contributed by atoms with Gasteiger partial charge in [0.05, 0.1) is 4.83 Å². The maximum Gasteiger partial charge on any atom is 0.224 e. The average Bonchev–Trinajstić information content (AvgIpc) is 2.36. The molecule has 0 saturated carbocycles. The third kappa shape index (κ3) is 4.61. The van der Waals surface area contributed by atoms with Gasteiger partial charge in [0, 0.05) is 17.7 Å². The number of rotatable bonds is 6. The number of carbonyl (C=O) groups is 2. The van der Waals surface area contributed by atoms with Gasteiger partial charge in [0.25, 0.3) is 0 Å². The summed E-state index contributed by atoms with van der Waals surface area (Å²) in [6.07, 6.45) is 2.43. The van der Waals surface area contributed by atoms with E-state index in [-0.39, 0.29) is 16.5 Å². The van der Waals surface area contributed by atoms with Gasteiger partial charge < -0.3 is 5.32 Å². The summed E-state index contributed by atoms with van der Waals surface area (Å²) < 4.78 is 0. The average molecular weight is 312 g/mol. The fraction of sp³-hybridized carbons (Fsp3) is 0.429. The predicted octanol–water partition coefficient (Wildman–Crippen LogP) is 3.78. The van der Waals surface area contributed by atoms with Crippen LogP contribution in [0.2, 0.25) is 0 Å². The van der Waals surface area contributed by atoms with Gasteiger partial charge in [-0.2, -0.15) is 0 Å². The first-order valence-electron chi connectivity index (χ1n) is 6.12. The monoisotopic (exact) mass is 311 g/mol. The van der Waals surface area contributed by atoms with Crippen molar-refractivity contribution < 1.29 is 9.59 Å². The molecular weight excluding hydrogens is 294 g/mol. The standard InChI is InChI=1S/C14H18BrNO2/c1-3-4-5-13(17)16-12-8-6-11(7-9-12)14(18)10(2)15/h6-10H,3-5H2,1-2H3,(H,16,17). The van der Waals surface area contributed by atoms with E-state index in [0.717, 1.165) is 18.5 Å². The highest BCUT2D eigenvalue weighted by atomic mass is 79.9. The van der Waals surface area contributed by atoms with Gasteiger partial charge in [-0.05, 0) is 37.6 Å². The van der Waals surface area contributed by atoms with Crippen LogP contribution in [0.5, 0.6) is 0 Å². The van der Waals surface area contributed by atoms with Crippen molar-refractivity contribution in [3.05, 3.63) is 29.8 Å². The zero-order chi connectivity index (χ0) is 13.5. The van der Waals surface area contributed by atoms with Crippen LogP contribution in [-0.2, 0) is 4.79 Å². The number of hydrogen-bond donors (Lipinski definition) is 1. The van der Waals surface area contributed by atoms with E-state index in [9.17, 15) is 9.59 Å². The number of benzene rings is 1. The topological polar surface area (TPSA) is 46.2 Å². The third-order valence-corrected chi connectivity index (χ3v) is 2.99. The number of amides is 1. The van der Waals surface area contributed by atoms with Gasteiger partial charge in [-0.25, -0.2) is 0 Å². The molecule has 1 rings (SSSR count). The van der Waals surface area contributed by atoms with E-state index in [1.54, 1.807) is 31.2 Å². The highest BCUT2D eigenvalue weighted by molar-refractivity contribution is 9.10. The molecular formula is C14H18BrNO2. The molecule has 0 radical (unpaired) electrons. The Hall–Kier alpha value is -1.16. The SMILES string of the molecule is CCCCC(=O)Nc1ccc(C(=O)C(C)Br)cc1. The van der Waals surface area contributed by atoms with Crippen molar-refractivity contribution in [1.29, 1.82) is 0 Å². The van der Waals surface area contributed by atoms with Crippen LogP contribution in [-0.4, -0.2) is 16.5 Å². The molecule has 0 fully saturated rings. The molecule has 1 atom stereocenters. The smallest absolute Gasteiger partial charge is 0.224 e. The number of nitrogens with one attached hydrogen (secondary N) is 1. The van der Waals surface area contributed by atoms with Crippen molar-refractivity contribution in [2.45, 2.75) is 37.9 Å². The molecule has 3 nitrogen and oxygen atoms in total. The second kappa shape index (κ2) is 7.31. The fourth-order valence-corrected chi connectivity index (χ4v) is 1.77. The van der Waals surface area contributed by atoms with E-state index in [2.05, 4.69) is 28.2 Å². The largest absolute Gasteiger partial charge is 0.326 e. The Morgan fingerprint density at radius 2 is 1.89 bits per heavy atom. The maximum absolute atomic E-state index is 11.7. The fourth-order valence-electron chi connectivity index (χ4n) is 1.51. The lowest BCUT2D eigenvalue weighted by atomic mass is 10.1. The van der Waals surface area contributed by atoms with Crippen LogP contribution in [0.4, 0.5) is 5.69 Å². The molecule has 0 saturated heterocycles. The maximum atomic E-state index is 11.7. The molecule has 1 amide bonds. The molecule has 0 aliphatic carbocycles. The molecule has 1 aromatic rings. The first-order chi connectivity index (χ1) is 8.54. The lowest BCUT2D eigenvalue weighted by Gasteiger charge is -2.06. The first kappa shape index (κ1) is 14.9. The van der Waals surface area contributed by atoms with Crippen LogP contribution in [0.25, 0.3) is 0 Å². The minimum absolute atomic E-state index is 0.0183. The van der Waals surface area contributed by atoms with Gasteiger partial charge in [-0.3, -0.25) is 9.59 Å². The highest BCUT2D eigenvalue weighted by Crippen LogP contribution is 2.14. The van der Waals surface area contributed by atoms with Crippen molar-refractivity contribution >= 4 is 33.3 Å². The quantitative estimate of drug-likeness (QED) is 0.642. The van der Waals surface area contributed by atoms with E-state index in [4.69, 9.17) is 0 Å². The van der Waals surface area contributed by atoms with Crippen molar-refractivity contribution in [2.24, 2.45) is 0 Å². The van der Waals surface area contributed by atoms with E-state index < -0.39 is 0 Å². The first-order valence-corrected chi connectivity index (χ1v) is 7.04. The number of halogens is 1. The number of Topliss-reactive ketones (excluding diaryl/α,β-unsaturated/α-hetero) is 1. The molecule has 1 unspecified atom stereocenters. The summed E-state index contributed by atoms with van der Waals surface area (Å²) >= 11 is 3.24. The molecule has 0 heterocycles. The number of anilines is 1. The second-order valence-corrected chi connectivity index (χ2v) is 5.58. The van der Waals surface area contributed by atoms with Crippen LogP contribution in [0, 0.1) is 0 Å². The Bertz CT molecular complexity index is 412. The molecule has 4 heteroatoms. The minimum atomic E-state index is -0.192. The summed E-state index contributed by atoms with van der Waals surface area (Å²) in [7, 11) is 0. The molecule has 0 aliphatic rings. The van der Waals surface area contributed by atoms with Crippen LogP contribution in [0.3, 0.4) is 0 Å². The summed E-state index contributed by atoms with van der Waals surface area (Å²) in [6.45, 7) is 3.85. The Balaban J connectivity index is 2.60. The zero-order valence-corrected chi connectivity index (χ0v) is 12.3. The molecule has 1 N–H and O–H groups in total. The van der Waals surface area contributed by atoms with Crippen LogP contribution >= 0.6 is 15.9 Å². The van der Waals surface area contributed by atoms with Crippen molar-refractivity contribution in [1.82, 2.24) is 0 Å². The Labute approximate surface area is 116 Å². The predicted molar refractivity (Wildman–Crippen MR) is 77.3 cm³/mol. The lowest BCUT2D eigenvalue weighted by Crippen LogP contribution is -2.12. The van der Waals surface area contributed by atoms with E-state index in [1.165, 1.54) is 0 Å². The molecule has 18 heavy (non-hydrogen) atoms. The summed E-state index contributed by atoms with van der Waals surface area (Å²) in [5.41, 5.74) is 1.38. The molecule has 0 spiro atoms. The lowest BCUT2D eigenvalue weighted by molar-refractivity contribution is -0.116. The van der Waals surface area contributed by atoms with Gasteiger partial charge in [0.15, 0.2) is 5.78 Å². The van der Waals surface area contributed by atoms with Crippen molar-refractivity contribution in [3.8, 4) is 0 Å². The van der Waals surface area contributed by atoms with Crippen LogP contribution < -0.4 is 5.32 Å². The van der Waals surface area contributed by atoms with Gasteiger partial charge in [0.1, 0.15) is 0 Å². The van der Waals surface area contributed by atoms with Crippen LogP contribution in [0.1, 0.15) is 43.5 Å². The summed E-state index contributed by atoms with van der Waals surface area (Å²) in [5, 5.41) is 2.81. The summed E-state index contributed by atoms with van der Waals surface area (Å²) in [5.74, 6) is 0.0589. The molecule has 0 aliphatic heterocycles. The summed E-state index contributed by atoms with van der Waals surface area (Å²) in [6, 6.07) is 6.98. The Morgan fingerprint density at radius 3 is 2.39 bits per heavy atom. The Kier molecular flexibility index (Phi) is 6.05. The van der Waals surface area contributed by atoms with Gasteiger partial charge in [-0.1, -0.05) is 29.3 Å². The van der Waals surface area contributed by atoms with Gasteiger partial charge >= 0.3 is 0 Å². The Morgan fingerprint density at radius 1 is 1.28 bits per heavy atom. The number of carbonyl (C=O) groups excluding carboxylic acids is 2. The van der Waals surface area contributed by atoms with E-state index >= 15 is 0 Å². The number of ketones is 1.